The van der Waals surface area contributed by atoms with Crippen LogP contribution in [0.1, 0.15) is 23.1 Å². The van der Waals surface area contributed by atoms with Gasteiger partial charge in [0, 0.05) is 25.7 Å². The molecule has 0 spiro atoms. The van der Waals surface area contributed by atoms with Crippen LogP contribution in [0.4, 0.5) is 0 Å². The lowest BCUT2D eigenvalue weighted by atomic mass is 10.1. The monoisotopic (exact) mass is 329 g/mol. The summed E-state index contributed by atoms with van der Waals surface area (Å²) < 4.78 is 6.45. The number of nitrogens with zero attached hydrogens (tertiary/aromatic N) is 3. The van der Waals surface area contributed by atoms with E-state index in [1.165, 1.54) is 12.0 Å². The number of benzene rings is 1. The van der Waals surface area contributed by atoms with Gasteiger partial charge in [-0.1, -0.05) is 24.3 Å². The minimum atomic E-state index is -0.424. The summed E-state index contributed by atoms with van der Waals surface area (Å²) in [6.45, 7) is 4.76. The highest BCUT2D eigenvalue weighted by Gasteiger charge is 2.18. The summed E-state index contributed by atoms with van der Waals surface area (Å²) in [7, 11) is 1.32. The molecule has 1 heterocycles. The van der Waals surface area contributed by atoms with Gasteiger partial charge in [-0.15, -0.1) is 0 Å². The molecule has 0 aliphatic rings. The molecule has 1 aromatic carbocycles. The molecule has 0 aliphatic heterocycles. The zero-order chi connectivity index (χ0) is 17.5. The van der Waals surface area contributed by atoms with Crippen molar-refractivity contribution in [3.8, 4) is 0 Å². The van der Waals surface area contributed by atoms with E-state index in [1.807, 2.05) is 44.3 Å². The van der Waals surface area contributed by atoms with E-state index in [9.17, 15) is 9.59 Å². The second-order valence-corrected chi connectivity index (χ2v) is 5.78. The Balaban J connectivity index is 2.05. The predicted octanol–water partition coefficient (Wildman–Crippen LogP) is 2.09. The highest BCUT2D eigenvalue weighted by Crippen LogP contribution is 2.12. The maximum absolute atomic E-state index is 12.6. The van der Waals surface area contributed by atoms with Crippen molar-refractivity contribution in [3.63, 3.8) is 0 Å². The van der Waals surface area contributed by atoms with Crippen LogP contribution in [-0.4, -0.2) is 40.2 Å². The van der Waals surface area contributed by atoms with Crippen molar-refractivity contribution in [1.29, 1.82) is 0 Å². The summed E-state index contributed by atoms with van der Waals surface area (Å²) >= 11 is 0. The largest absolute Gasteiger partial charge is 0.468 e. The molecule has 0 fully saturated rings. The Bertz CT molecular complexity index is 709. The van der Waals surface area contributed by atoms with Crippen LogP contribution in [0.15, 0.2) is 36.7 Å². The zero-order valence-electron chi connectivity index (χ0n) is 14.4. The summed E-state index contributed by atoms with van der Waals surface area (Å²) in [4.78, 5) is 25.7. The van der Waals surface area contributed by atoms with Crippen LogP contribution in [0, 0.1) is 13.8 Å². The molecule has 0 atom stereocenters. The number of rotatable bonds is 7. The first-order valence-electron chi connectivity index (χ1n) is 7.87. The minimum absolute atomic E-state index is 0.0538. The van der Waals surface area contributed by atoms with Crippen LogP contribution in [0.3, 0.4) is 0 Å². The van der Waals surface area contributed by atoms with Crippen molar-refractivity contribution in [3.05, 3.63) is 53.3 Å². The number of aryl methyl sites for hydroxylation is 3. The molecular weight excluding hydrogens is 306 g/mol. The van der Waals surface area contributed by atoms with Crippen molar-refractivity contribution >= 4 is 11.9 Å². The highest BCUT2D eigenvalue weighted by atomic mass is 16.5. The molecule has 0 bridgehead atoms. The Labute approximate surface area is 142 Å². The maximum Gasteiger partial charge on any atom is 0.325 e. The van der Waals surface area contributed by atoms with Crippen molar-refractivity contribution < 1.29 is 14.3 Å². The number of aromatic nitrogens is 2. The lowest BCUT2D eigenvalue weighted by Gasteiger charge is -2.22. The fraction of sp³-hybridized carbons (Fsp3) is 0.389. The molecule has 2 aromatic rings. The smallest absolute Gasteiger partial charge is 0.325 e. The summed E-state index contributed by atoms with van der Waals surface area (Å²) in [5.41, 5.74) is 3.15. The molecule has 0 N–H and O–H groups in total. The lowest BCUT2D eigenvalue weighted by Crippen LogP contribution is -2.36. The van der Waals surface area contributed by atoms with Gasteiger partial charge in [0.05, 0.1) is 13.3 Å². The van der Waals surface area contributed by atoms with Crippen LogP contribution < -0.4 is 0 Å². The van der Waals surface area contributed by atoms with Crippen LogP contribution in [0.25, 0.3) is 0 Å². The average Bonchev–Trinajstić information content (AvgIpc) is 2.99. The van der Waals surface area contributed by atoms with Gasteiger partial charge < -0.3 is 9.64 Å². The van der Waals surface area contributed by atoms with Gasteiger partial charge in [-0.05, 0) is 30.5 Å². The molecule has 0 saturated heterocycles. The quantitative estimate of drug-likeness (QED) is 0.730. The second-order valence-electron chi connectivity index (χ2n) is 5.78. The molecule has 24 heavy (non-hydrogen) atoms. The first kappa shape index (κ1) is 17.7. The number of esters is 1. The molecule has 0 aliphatic carbocycles. The number of amides is 1. The number of ether oxygens (including phenoxy) is 1. The summed E-state index contributed by atoms with van der Waals surface area (Å²) in [5.74, 6) is -0.524. The molecule has 0 radical (unpaired) electrons. The van der Waals surface area contributed by atoms with E-state index in [0.29, 0.717) is 13.1 Å². The van der Waals surface area contributed by atoms with Gasteiger partial charge >= 0.3 is 5.97 Å². The van der Waals surface area contributed by atoms with E-state index >= 15 is 0 Å². The Kier molecular flexibility index (Phi) is 6.12. The van der Waals surface area contributed by atoms with Gasteiger partial charge in [0.25, 0.3) is 0 Å². The normalized spacial score (nSPS) is 10.5. The van der Waals surface area contributed by atoms with E-state index < -0.39 is 5.97 Å². The number of hydrogen-bond acceptors (Lipinski definition) is 4. The van der Waals surface area contributed by atoms with Crippen LogP contribution in [0.5, 0.6) is 0 Å². The molecule has 6 nitrogen and oxygen atoms in total. The second kappa shape index (κ2) is 8.29. The summed E-state index contributed by atoms with van der Waals surface area (Å²) in [5, 5.41) is 4.18. The SMILES string of the molecule is COC(=O)CN(Cc1ccccc1C)C(=O)CCn1cc(C)cn1. The van der Waals surface area contributed by atoms with Gasteiger partial charge in [-0.3, -0.25) is 14.3 Å². The van der Waals surface area contributed by atoms with E-state index in [1.54, 1.807) is 10.9 Å². The van der Waals surface area contributed by atoms with Crippen molar-refractivity contribution in [1.82, 2.24) is 14.7 Å². The standard InChI is InChI=1S/C18H23N3O3/c1-14-10-19-21(11-14)9-8-17(22)20(13-18(23)24-3)12-16-7-5-4-6-15(16)2/h4-7,10-11H,8-9,12-13H2,1-3H3. The van der Waals surface area contributed by atoms with Crippen molar-refractivity contribution in [2.75, 3.05) is 13.7 Å². The fourth-order valence-electron chi connectivity index (χ4n) is 2.40. The summed E-state index contributed by atoms with van der Waals surface area (Å²) in [6, 6.07) is 7.83. The molecule has 128 valence electrons. The predicted molar refractivity (Wildman–Crippen MR) is 90.2 cm³/mol. The summed E-state index contributed by atoms with van der Waals surface area (Å²) in [6.07, 6.45) is 3.92. The molecule has 2 rings (SSSR count). The van der Waals surface area contributed by atoms with E-state index in [0.717, 1.165) is 16.7 Å². The first-order chi connectivity index (χ1) is 11.5. The van der Waals surface area contributed by atoms with Gasteiger partial charge in [0.1, 0.15) is 6.54 Å². The third-order valence-electron chi connectivity index (χ3n) is 3.84. The number of carbonyl (C=O) groups is 2. The maximum atomic E-state index is 12.6. The molecule has 0 saturated carbocycles. The van der Waals surface area contributed by atoms with Crippen molar-refractivity contribution in [2.45, 2.75) is 33.4 Å². The van der Waals surface area contributed by atoms with E-state index in [-0.39, 0.29) is 18.9 Å². The van der Waals surface area contributed by atoms with Gasteiger partial charge in [0.2, 0.25) is 5.91 Å². The number of methoxy groups -OCH3 is 1. The third-order valence-corrected chi connectivity index (χ3v) is 3.84. The van der Waals surface area contributed by atoms with Gasteiger partial charge in [-0.2, -0.15) is 5.10 Å². The van der Waals surface area contributed by atoms with E-state index in [4.69, 9.17) is 4.74 Å². The number of carbonyl (C=O) groups excluding carboxylic acids is 2. The molecule has 1 aromatic heterocycles. The van der Waals surface area contributed by atoms with Crippen LogP contribution in [-0.2, 0) is 27.4 Å². The molecule has 1 amide bonds. The first-order valence-corrected chi connectivity index (χ1v) is 7.87. The Morgan fingerprint density at radius 1 is 1.25 bits per heavy atom. The van der Waals surface area contributed by atoms with Gasteiger partial charge in [-0.25, -0.2) is 0 Å². The number of hydrogen-bond donors (Lipinski definition) is 0. The average molecular weight is 329 g/mol. The van der Waals surface area contributed by atoms with Crippen LogP contribution in [0.2, 0.25) is 0 Å². The lowest BCUT2D eigenvalue weighted by molar-refractivity contribution is -0.147. The molecule has 6 heteroatoms. The van der Waals surface area contributed by atoms with Gasteiger partial charge in [0.15, 0.2) is 0 Å². The molecule has 0 unspecified atom stereocenters. The third kappa shape index (κ3) is 4.94. The Morgan fingerprint density at radius 3 is 2.62 bits per heavy atom. The Hall–Kier alpha value is -2.63. The van der Waals surface area contributed by atoms with Crippen molar-refractivity contribution in [2.24, 2.45) is 0 Å². The zero-order valence-corrected chi connectivity index (χ0v) is 14.4. The van der Waals surface area contributed by atoms with E-state index in [2.05, 4.69) is 5.10 Å². The minimum Gasteiger partial charge on any atom is -0.468 e. The highest BCUT2D eigenvalue weighted by molar-refractivity contribution is 5.82. The van der Waals surface area contributed by atoms with Crippen LogP contribution >= 0.6 is 0 Å². The topological polar surface area (TPSA) is 64.4 Å². The molecular formula is C18H23N3O3. The Morgan fingerprint density at radius 2 is 2.00 bits per heavy atom. The fourth-order valence-corrected chi connectivity index (χ4v) is 2.40.